The third kappa shape index (κ3) is 5.49. The zero-order valence-corrected chi connectivity index (χ0v) is 17.6. The van der Waals surface area contributed by atoms with Gasteiger partial charge < -0.3 is 10.6 Å². The number of hydrogen-bond acceptors (Lipinski definition) is 2. The molecule has 0 aromatic heterocycles. The van der Waals surface area contributed by atoms with Crippen LogP contribution in [-0.2, 0) is 11.2 Å². The summed E-state index contributed by atoms with van der Waals surface area (Å²) in [6, 6.07) is 36.0. The minimum Gasteiger partial charge on any atom is -0.341 e. The maximum Gasteiger partial charge on any atom is 0.252 e. The largest absolute Gasteiger partial charge is 0.341 e. The van der Waals surface area contributed by atoms with E-state index >= 15 is 0 Å². The monoisotopic (exact) mass is 420 g/mol. The van der Waals surface area contributed by atoms with Crippen LogP contribution in [0.3, 0.4) is 0 Å². The molecule has 4 aromatic carbocycles. The van der Waals surface area contributed by atoms with Gasteiger partial charge >= 0.3 is 0 Å². The minimum absolute atomic E-state index is 0.0957. The van der Waals surface area contributed by atoms with Crippen LogP contribution in [0.2, 0.25) is 0 Å². The summed E-state index contributed by atoms with van der Waals surface area (Å²) in [7, 11) is 0. The van der Waals surface area contributed by atoms with Crippen LogP contribution in [0.25, 0.3) is 0 Å². The molecule has 158 valence electrons. The minimum atomic E-state index is -0.254. The molecule has 0 saturated carbocycles. The number of nitrogens with one attached hydrogen (secondary N) is 2. The van der Waals surface area contributed by atoms with Gasteiger partial charge in [0.25, 0.3) is 5.91 Å². The number of carbonyl (C=O) groups is 2. The van der Waals surface area contributed by atoms with Crippen molar-refractivity contribution in [2.75, 3.05) is 5.32 Å². The van der Waals surface area contributed by atoms with Crippen LogP contribution in [0.4, 0.5) is 5.69 Å². The topological polar surface area (TPSA) is 58.2 Å². The third-order valence-electron chi connectivity index (χ3n) is 5.18. The van der Waals surface area contributed by atoms with E-state index in [1.807, 2.05) is 91.0 Å². The molecule has 0 aliphatic carbocycles. The standard InChI is InChI=1S/C28H24N2O2/c31-26(20-21-10-4-1-5-11-21)29-25-18-16-24(17-19-25)28(32)30-27(22-12-6-2-7-13-22)23-14-8-3-9-15-23/h1-19,27H,20H2,(H,29,31)(H,30,32). The quantitative estimate of drug-likeness (QED) is 0.421. The van der Waals surface area contributed by atoms with E-state index in [1.165, 1.54) is 0 Å². The zero-order valence-electron chi connectivity index (χ0n) is 17.6. The van der Waals surface area contributed by atoms with Gasteiger partial charge in [-0.15, -0.1) is 0 Å². The smallest absolute Gasteiger partial charge is 0.252 e. The van der Waals surface area contributed by atoms with Crippen molar-refractivity contribution in [2.45, 2.75) is 12.5 Å². The van der Waals surface area contributed by atoms with Crippen LogP contribution < -0.4 is 10.6 Å². The number of anilines is 1. The number of benzene rings is 4. The average Bonchev–Trinajstić information content (AvgIpc) is 2.84. The summed E-state index contributed by atoms with van der Waals surface area (Å²) in [5.41, 5.74) is 4.16. The molecule has 0 spiro atoms. The van der Waals surface area contributed by atoms with E-state index < -0.39 is 0 Å². The van der Waals surface area contributed by atoms with E-state index in [4.69, 9.17) is 0 Å². The van der Waals surface area contributed by atoms with E-state index in [1.54, 1.807) is 24.3 Å². The van der Waals surface area contributed by atoms with Crippen LogP contribution in [-0.4, -0.2) is 11.8 Å². The van der Waals surface area contributed by atoms with Crippen molar-refractivity contribution in [1.82, 2.24) is 5.32 Å². The predicted molar refractivity (Wildman–Crippen MR) is 127 cm³/mol. The molecule has 0 atom stereocenters. The van der Waals surface area contributed by atoms with Gasteiger partial charge in [-0.25, -0.2) is 0 Å². The summed E-state index contributed by atoms with van der Waals surface area (Å²) < 4.78 is 0. The van der Waals surface area contributed by atoms with Crippen molar-refractivity contribution < 1.29 is 9.59 Å². The lowest BCUT2D eigenvalue weighted by Crippen LogP contribution is -2.29. The highest BCUT2D eigenvalue weighted by atomic mass is 16.2. The molecule has 0 radical (unpaired) electrons. The van der Waals surface area contributed by atoms with Crippen LogP contribution in [0.5, 0.6) is 0 Å². The van der Waals surface area contributed by atoms with Gasteiger partial charge in [0.15, 0.2) is 0 Å². The average molecular weight is 421 g/mol. The van der Waals surface area contributed by atoms with Crippen molar-refractivity contribution in [3.05, 3.63) is 138 Å². The Hall–Kier alpha value is -4.18. The van der Waals surface area contributed by atoms with E-state index in [2.05, 4.69) is 10.6 Å². The molecule has 32 heavy (non-hydrogen) atoms. The van der Waals surface area contributed by atoms with Crippen LogP contribution in [0.15, 0.2) is 115 Å². The Morgan fingerprint density at radius 1 is 0.625 bits per heavy atom. The molecule has 0 heterocycles. The predicted octanol–water partition coefficient (Wildman–Crippen LogP) is 5.39. The van der Waals surface area contributed by atoms with Crippen molar-refractivity contribution in [3.63, 3.8) is 0 Å². The van der Waals surface area contributed by atoms with Crippen LogP contribution >= 0.6 is 0 Å². The first-order valence-corrected chi connectivity index (χ1v) is 10.5. The first-order valence-electron chi connectivity index (χ1n) is 10.5. The first-order chi connectivity index (χ1) is 15.7. The number of amides is 2. The van der Waals surface area contributed by atoms with E-state index in [0.29, 0.717) is 17.7 Å². The Balaban J connectivity index is 1.44. The second-order valence-electron chi connectivity index (χ2n) is 7.52. The van der Waals surface area contributed by atoms with E-state index in [0.717, 1.165) is 16.7 Å². The molecule has 0 unspecified atom stereocenters. The van der Waals surface area contributed by atoms with Gasteiger partial charge in [-0.3, -0.25) is 9.59 Å². The summed E-state index contributed by atoms with van der Waals surface area (Å²) in [6.45, 7) is 0. The molecule has 2 N–H and O–H groups in total. The highest BCUT2D eigenvalue weighted by Crippen LogP contribution is 2.22. The number of carbonyl (C=O) groups excluding carboxylic acids is 2. The van der Waals surface area contributed by atoms with Gasteiger partial charge in [-0.2, -0.15) is 0 Å². The van der Waals surface area contributed by atoms with E-state index in [9.17, 15) is 9.59 Å². The molecule has 4 heteroatoms. The molecule has 0 aliphatic rings. The lowest BCUT2D eigenvalue weighted by Gasteiger charge is -2.20. The highest BCUT2D eigenvalue weighted by Gasteiger charge is 2.17. The van der Waals surface area contributed by atoms with Crippen molar-refractivity contribution in [3.8, 4) is 0 Å². The molecule has 4 nitrogen and oxygen atoms in total. The molecule has 4 rings (SSSR count). The third-order valence-corrected chi connectivity index (χ3v) is 5.18. The second-order valence-corrected chi connectivity index (χ2v) is 7.52. The molecule has 0 bridgehead atoms. The van der Waals surface area contributed by atoms with Crippen molar-refractivity contribution >= 4 is 17.5 Å². The Labute approximate surface area is 187 Å². The Morgan fingerprint density at radius 3 is 1.66 bits per heavy atom. The fourth-order valence-corrected chi connectivity index (χ4v) is 3.56. The maximum atomic E-state index is 13.0. The second kappa shape index (κ2) is 10.2. The summed E-state index contributed by atoms with van der Waals surface area (Å²) in [6.07, 6.45) is 0.304. The molecule has 4 aromatic rings. The Kier molecular flexibility index (Phi) is 6.73. The zero-order chi connectivity index (χ0) is 22.2. The maximum absolute atomic E-state index is 13.0. The SMILES string of the molecule is O=C(Cc1ccccc1)Nc1ccc(C(=O)NC(c2ccccc2)c2ccccc2)cc1. The molecule has 2 amide bonds. The van der Waals surface area contributed by atoms with Gasteiger partial charge in [-0.05, 0) is 41.0 Å². The fourth-order valence-electron chi connectivity index (χ4n) is 3.56. The molecular weight excluding hydrogens is 396 g/mol. The molecule has 0 aliphatic heterocycles. The first kappa shape index (κ1) is 21.1. The normalized spacial score (nSPS) is 10.5. The van der Waals surface area contributed by atoms with Gasteiger partial charge in [-0.1, -0.05) is 91.0 Å². The Morgan fingerprint density at radius 2 is 1.12 bits per heavy atom. The van der Waals surface area contributed by atoms with Crippen LogP contribution in [0, 0.1) is 0 Å². The Bertz CT molecular complexity index is 1120. The van der Waals surface area contributed by atoms with Crippen LogP contribution in [0.1, 0.15) is 33.1 Å². The van der Waals surface area contributed by atoms with Gasteiger partial charge in [0.2, 0.25) is 5.91 Å². The lowest BCUT2D eigenvalue weighted by atomic mass is 9.98. The molecule has 0 saturated heterocycles. The van der Waals surface area contributed by atoms with Crippen molar-refractivity contribution in [1.29, 1.82) is 0 Å². The van der Waals surface area contributed by atoms with Gasteiger partial charge in [0, 0.05) is 11.3 Å². The molecular formula is C28H24N2O2. The van der Waals surface area contributed by atoms with Crippen molar-refractivity contribution in [2.24, 2.45) is 0 Å². The van der Waals surface area contributed by atoms with Gasteiger partial charge in [0.05, 0.1) is 12.5 Å². The summed E-state index contributed by atoms with van der Waals surface area (Å²) in [4.78, 5) is 25.2. The van der Waals surface area contributed by atoms with E-state index in [-0.39, 0.29) is 17.9 Å². The van der Waals surface area contributed by atoms with Gasteiger partial charge in [0.1, 0.15) is 0 Å². The number of hydrogen-bond donors (Lipinski definition) is 2. The fraction of sp³-hybridized carbons (Fsp3) is 0.0714. The highest BCUT2D eigenvalue weighted by molar-refractivity contribution is 5.96. The summed E-state index contributed by atoms with van der Waals surface area (Å²) >= 11 is 0. The summed E-state index contributed by atoms with van der Waals surface area (Å²) in [5, 5.41) is 6.01. The number of rotatable bonds is 7. The molecule has 0 fully saturated rings. The summed E-state index contributed by atoms with van der Waals surface area (Å²) in [5.74, 6) is -0.272. The lowest BCUT2D eigenvalue weighted by molar-refractivity contribution is -0.115.